The van der Waals surface area contributed by atoms with Crippen LogP contribution in [0.3, 0.4) is 0 Å². The fourth-order valence-corrected chi connectivity index (χ4v) is 2.78. The molecule has 2 aromatic carbocycles. The van der Waals surface area contributed by atoms with Gasteiger partial charge in [0.15, 0.2) is 0 Å². The molecule has 0 aliphatic carbocycles. The Morgan fingerprint density at radius 1 is 1.00 bits per heavy atom. The molecular formula is C20H26N2O3. The number of hydrazine groups is 1. The van der Waals surface area contributed by atoms with Crippen molar-refractivity contribution in [1.29, 1.82) is 0 Å². The van der Waals surface area contributed by atoms with Crippen LogP contribution in [0.1, 0.15) is 11.1 Å². The topological polar surface area (TPSA) is 57.0 Å². The zero-order valence-corrected chi connectivity index (χ0v) is 15.1. The van der Waals surface area contributed by atoms with Gasteiger partial charge in [0.2, 0.25) is 0 Å². The predicted octanol–water partition coefficient (Wildman–Crippen LogP) is 3.36. The van der Waals surface area contributed by atoms with E-state index in [2.05, 4.69) is 6.58 Å². The summed E-state index contributed by atoms with van der Waals surface area (Å²) in [4.78, 5) is 0. The highest BCUT2D eigenvalue weighted by molar-refractivity contribution is 5.52. The number of allylic oxidation sites excluding steroid dienone is 1. The number of hydrogen-bond acceptors (Lipinski definition) is 5. The largest absolute Gasteiger partial charge is 0.497 e. The van der Waals surface area contributed by atoms with Crippen LogP contribution in [0, 0.1) is 0 Å². The van der Waals surface area contributed by atoms with Gasteiger partial charge in [0.25, 0.3) is 0 Å². The van der Waals surface area contributed by atoms with E-state index in [1.54, 1.807) is 26.3 Å². The van der Waals surface area contributed by atoms with E-state index in [1.807, 2.05) is 42.5 Å². The van der Waals surface area contributed by atoms with Crippen molar-refractivity contribution in [3.05, 3.63) is 60.2 Å². The molecule has 25 heavy (non-hydrogen) atoms. The van der Waals surface area contributed by atoms with Crippen LogP contribution < -0.4 is 25.1 Å². The van der Waals surface area contributed by atoms with Gasteiger partial charge in [-0.05, 0) is 48.7 Å². The number of nitrogens with two attached hydrogens (primary N) is 1. The molecule has 0 bridgehead atoms. The van der Waals surface area contributed by atoms with Crippen molar-refractivity contribution in [1.82, 2.24) is 0 Å². The van der Waals surface area contributed by atoms with Crippen molar-refractivity contribution in [3.63, 3.8) is 0 Å². The summed E-state index contributed by atoms with van der Waals surface area (Å²) >= 11 is 0. The highest BCUT2D eigenvalue weighted by atomic mass is 16.5. The van der Waals surface area contributed by atoms with Crippen molar-refractivity contribution >= 4 is 5.69 Å². The standard InChI is InChI=1S/C20H26N2O3/c1-5-6-18-19(24-3)12-7-15(20(18)25-4)13-14-22(21)16-8-10-17(23-2)11-9-16/h5,7-12H,1,6,13-14,21H2,2-4H3. The summed E-state index contributed by atoms with van der Waals surface area (Å²) in [5, 5.41) is 1.72. The molecule has 2 rings (SSSR count). The molecule has 0 atom stereocenters. The first-order valence-electron chi connectivity index (χ1n) is 8.14. The van der Waals surface area contributed by atoms with E-state index in [9.17, 15) is 0 Å². The monoisotopic (exact) mass is 342 g/mol. The third kappa shape index (κ3) is 4.45. The van der Waals surface area contributed by atoms with E-state index in [1.165, 1.54) is 0 Å². The van der Waals surface area contributed by atoms with Gasteiger partial charge in [0.1, 0.15) is 17.2 Å². The van der Waals surface area contributed by atoms with Gasteiger partial charge in [-0.2, -0.15) is 0 Å². The SMILES string of the molecule is C=CCc1c(OC)ccc(CCN(N)c2ccc(OC)cc2)c1OC. The second-order valence-electron chi connectivity index (χ2n) is 5.57. The lowest BCUT2D eigenvalue weighted by Crippen LogP contribution is -2.32. The molecular weight excluding hydrogens is 316 g/mol. The Balaban J connectivity index is 2.15. The molecule has 0 aromatic heterocycles. The maximum Gasteiger partial charge on any atom is 0.129 e. The van der Waals surface area contributed by atoms with Gasteiger partial charge in [0.05, 0.1) is 27.0 Å². The minimum absolute atomic E-state index is 0.655. The summed E-state index contributed by atoms with van der Waals surface area (Å²) in [6, 6.07) is 11.6. The first-order valence-corrected chi connectivity index (χ1v) is 8.14. The second-order valence-corrected chi connectivity index (χ2v) is 5.57. The Bertz CT molecular complexity index is 699. The molecule has 2 aromatic rings. The summed E-state index contributed by atoms with van der Waals surface area (Å²) in [5.41, 5.74) is 3.02. The van der Waals surface area contributed by atoms with E-state index in [4.69, 9.17) is 20.1 Å². The minimum atomic E-state index is 0.655. The van der Waals surface area contributed by atoms with Gasteiger partial charge in [-0.3, -0.25) is 0 Å². The molecule has 0 aliphatic heterocycles. The first-order chi connectivity index (χ1) is 12.1. The summed E-state index contributed by atoms with van der Waals surface area (Å²) < 4.78 is 16.2. The number of rotatable bonds is 9. The van der Waals surface area contributed by atoms with Crippen LogP contribution in [0.2, 0.25) is 0 Å². The van der Waals surface area contributed by atoms with Crippen molar-refractivity contribution in [2.24, 2.45) is 5.84 Å². The van der Waals surface area contributed by atoms with Crippen molar-refractivity contribution < 1.29 is 14.2 Å². The lowest BCUT2D eigenvalue weighted by atomic mass is 10.0. The molecule has 0 fully saturated rings. The molecule has 0 radical (unpaired) electrons. The molecule has 0 spiro atoms. The van der Waals surface area contributed by atoms with Crippen molar-refractivity contribution in [3.8, 4) is 17.2 Å². The van der Waals surface area contributed by atoms with Gasteiger partial charge in [0, 0.05) is 12.1 Å². The highest BCUT2D eigenvalue weighted by Gasteiger charge is 2.14. The zero-order valence-electron chi connectivity index (χ0n) is 15.1. The van der Waals surface area contributed by atoms with Crippen LogP contribution in [0.25, 0.3) is 0 Å². The van der Waals surface area contributed by atoms with E-state index < -0.39 is 0 Å². The van der Waals surface area contributed by atoms with Crippen LogP contribution in [-0.2, 0) is 12.8 Å². The molecule has 0 saturated carbocycles. The lowest BCUT2D eigenvalue weighted by molar-refractivity contribution is 0.384. The van der Waals surface area contributed by atoms with Crippen LogP contribution >= 0.6 is 0 Å². The number of hydrogen-bond donors (Lipinski definition) is 1. The van der Waals surface area contributed by atoms with Gasteiger partial charge in [-0.1, -0.05) is 12.1 Å². The Hall–Kier alpha value is -2.66. The summed E-state index contributed by atoms with van der Waals surface area (Å²) in [6.45, 7) is 4.47. The molecule has 5 nitrogen and oxygen atoms in total. The van der Waals surface area contributed by atoms with Crippen LogP contribution in [-0.4, -0.2) is 27.9 Å². The molecule has 0 amide bonds. The number of anilines is 1. The van der Waals surface area contributed by atoms with Gasteiger partial charge in [-0.25, -0.2) is 5.84 Å². The smallest absolute Gasteiger partial charge is 0.129 e. The van der Waals surface area contributed by atoms with Gasteiger partial charge < -0.3 is 19.2 Å². The van der Waals surface area contributed by atoms with E-state index >= 15 is 0 Å². The Labute approximate surface area is 149 Å². The number of benzene rings is 2. The van der Waals surface area contributed by atoms with Crippen LogP contribution in [0.4, 0.5) is 5.69 Å². The van der Waals surface area contributed by atoms with E-state index in [0.717, 1.165) is 40.5 Å². The predicted molar refractivity (Wildman–Crippen MR) is 102 cm³/mol. The van der Waals surface area contributed by atoms with E-state index in [-0.39, 0.29) is 0 Å². The lowest BCUT2D eigenvalue weighted by Gasteiger charge is -2.21. The fraction of sp³-hybridized carbons (Fsp3) is 0.300. The van der Waals surface area contributed by atoms with Gasteiger partial charge in [-0.15, -0.1) is 6.58 Å². The number of ether oxygens (including phenoxy) is 3. The average molecular weight is 342 g/mol. The van der Waals surface area contributed by atoms with Crippen LogP contribution in [0.15, 0.2) is 49.1 Å². The molecule has 134 valence electrons. The normalized spacial score (nSPS) is 10.2. The highest BCUT2D eigenvalue weighted by Crippen LogP contribution is 2.33. The summed E-state index contributed by atoms with van der Waals surface area (Å²) in [7, 11) is 4.98. The zero-order chi connectivity index (χ0) is 18.2. The first kappa shape index (κ1) is 18.7. The Morgan fingerprint density at radius 3 is 2.28 bits per heavy atom. The number of methoxy groups -OCH3 is 3. The average Bonchev–Trinajstić information content (AvgIpc) is 2.66. The number of nitrogens with zero attached hydrogens (tertiary/aromatic N) is 1. The molecule has 0 aliphatic rings. The Kier molecular flexibility index (Phi) is 6.71. The minimum Gasteiger partial charge on any atom is -0.497 e. The molecule has 5 heteroatoms. The van der Waals surface area contributed by atoms with Gasteiger partial charge >= 0.3 is 0 Å². The fourth-order valence-electron chi connectivity index (χ4n) is 2.78. The van der Waals surface area contributed by atoms with Crippen LogP contribution in [0.5, 0.6) is 17.2 Å². The maximum absolute atomic E-state index is 6.19. The third-order valence-electron chi connectivity index (χ3n) is 4.10. The Morgan fingerprint density at radius 2 is 1.72 bits per heavy atom. The summed E-state index contributed by atoms with van der Waals surface area (Å²) in [6.07, 6.45) is 3.28. The summed E-state index contributed by atoms with van der Waals surface area (Å²) in [5.74, 6) is 8.64. The molecule has 0 unspecified atom stereocenters. The quantitative estimate of drug-likeness (QED) is 0.430. The second kappa shape index (κ2) is 8.99. The maximum atomic E-state index is 6.19. The third-order valence-corrected chi connectivity index (χ3v) is 4.10. The molecule has 2 N–H and O–H groups in total. The van der Waals surface area contributed by atoms with Crippen molar-refractivity contribution in [2.45, 2.75) is 12.8 Å². The molecule has 0 saturated heterocycles. The van der Waals surface area contributed by atoms with Crippen molar-refractivity contribution in [2.75, 3.05) is 32.9 Å². The molecule has 0 heterocycles. The van der Waals surface area contributed by atoms with E-state index in [0.29, 0.717) is 13.0 Å².